The highest BCUT2D eigenvalue weighted by Gasteiger charge is 2.37. The Morgan fingerprint density at radius 1 is 1.12 bits per heavy atom. The lowest BCUT2D eigenvalue weighted by Crippen LogP contribution is -2.34. The third-order valence-electron chi connectivity index (χ3n) is 3.99. The number of imide groups is 1. The predicted molar refractivity (Wildman–Crippen MR) is 119 cm³/mol. The average molecular weight is 493 g/mol. The van der Waals surface area contributed by atoms with E-state index >= 15 is 0 Å². The predicted octanol–water partition coefficient (Wildman–Crippen LogP) is 5.46. The summed E-state index contributed by atoms with van der Waals surface area (Å²) in [5.41, 5.74) is 2.60. The van der Waals surface area contributed by atoms with Gasteiger partial charge < -0.3 is 0 Å². The van der Waals surface area contributed by atoms with Crippen molar-refractivity contribution >= 4 is 68.8 Å². The third-order valence-corrected chi connectivity index (χ3v) is 6.01. The molecule has 0 aromatic heterocycles. The minimum absolute atomic E-state index is 0.267. The Kier molecular flexibility index (Phi) is 5.94. The number of halogens is 1. The van der Waals surface area contributed by atoms with Gasteiger partial charge in [-0.05, 0) is 70.0 Å². The van der Waals surface area contributed by atoms with Crippen LogP contribution in [0.3, 0.4) is 0 Å². The Balaban J connectivity index is 1.84. The topological polar surface area (TPSA) is 37.4 Å². The van der Waals surface area contributed by atoms with Crippen LogP contribution in [0.2, 0.25) is 0 Å². The number of thioether (sulfide) groups is 1. The van der Waals surface area contributed by atoms with Gasteiger partial charge in [-0.15, -0.1) is 0 Å². The van der Waals surface area contributed by atoms with Crippen molar-refractivity contribution in [1.82, 2.24) is 4.90 Å². The Bertz CT molecular complexity index is 902. The fourth-order valence-electron chi connectivity index (χ4n) is 2.49. The lowest BCUT2D eigenvalue weighted by molar-refractivity contribution is -0.120. The van der Waals surface area contributed by atoms with Gasteiger partial charge in [-0.2, -0.15) is 0 Å². The quantitative estimate of drug-likeness (QED) is 0.247. The summed E-state index contributed by atoms with van der Waals surface area (Å²) in [6, 6.07) is 15.1. The second-order valence-electron chi connectivity index (χ2n) is 6.15. The first kappa shape index (κ1) is 19.3. The molecule has 3 nitrogen and oxygen atoms in total. The number of thiocarbonyl (C=S) groups is 1. The molecule has 0 saturated carbocycles. The summed E-state index contributed by atoms with van der Waals surface area (Å²) in [6.07, 6.45) is 1.78. The molecule has 2 aromatic carbocycles. The van der Waals surface area contributed by atoms with E-state index in [1.54, 1.807) is 18.2 Å². The van der Waals surface area contributed by atoms with Crippen molar-refractivity contribution in [3.63, 3.8) is 0 Å². The van der Waals surface area contributed by atoms with Crippen molar-refractivity contribution in [2.45, 2.75) is 19.8 Å². The smallest absolute Gasteiger partial charge is 0.268 e. The normalized spacial score (nSPS) is 16.0. The molecule has 1 heterocycles. The van der Waals surface area contributed by atoms with E-state index in [-0.39, 0.29) is 16.1 Å². The van der Waals surface area contributed by atoms with Crippen molar-refractivity contribution in [3.05, 3.63) is 73.7 Å². The third kappa shape index (κ3) is 4.07. The van der Waals surface area contributed by atoms with Gasteiger partial charge in [0.05, 0.1) is 4.91 Å². The zero-order chi connectivity index (χ0) is 18.8. The molecule has 0 bridgehead atoms. The van der Waals surface area contributed by atoms with Gasteiger partial charge in [-0.1, -0.05) is 62.1 Å². The van der Waals surface area contributed by atoms with Crippen LogP contribution in [0.1, 0.15) is 41.3 Å². The van der Waals surface area contributed by atoms with Gasteiger partial charge in [-0.25, -0.2) is 4.90 Å². The summed E-state index contributed by atoms with van der Waals surface area (Å²) in [4.78, 5) is 26.9. The highest BCUT2D eigenvalue weighted by molar-refractivity contribution is 14.1. The molecule has 0 atom stereocenters. The highest BCUT2D eigenvalue weighted by atomic mass is 127. The zero-order valence-electron chi connectivity index (χ0n) is 14.2. The first-order valence-electron chi connectivity index (χ1n) is 8.04. The van der Waals surface area contributed by atoms with Crippen LogP contribution in [-0.4, -0.2) is 21.0 Å². The Hall–Kier alpha value is -1.51. The van der Waals surface area contributed by atoms with Gasteiger partial charge >= 0.3 is 0 Å². The molecule has 2 amide bonds. The van der Waals surface area contributed by atoms with E-state index in [2.05, 4.69) is 36.4 Å². The summed E-state index contributed by atoms with van der Waals surface area (Å²) in [5.74, 6) is -0.298. The van der Waals surface area contributed by atoms with Crippen LogP contribution in [-0.2, 0) is 4.79 Å². The van der Waals surface area contributed by atoms with Crippen LogP contribution >= 0.6 is 46.6 Å². The lowest BCUT2D eigenvalue weighted by Gasteiger charge is -2.12. The molecule has 2 aromatic rings. The lowest BCUT2D eigenvalue weighted by atomic mass is 10.0. The first-order valence-corrected chi connectivity index (χ1v) is 10.3. The molecular formula is C20H16INO2S2. The van der Waals surface area contributed by atoms with Crippen LogP contribution in [0, 0.1) is 3.57 Å². The number of nitrogens with zero attached hydrogens (tertiary/aromatic N) is 1. The van der Waals surface area contributed by atoms with E-state index in [9.17, 15) is 9.59 Å². The van der Waals surface area contributed by atoms with Gasteiger partial charge in [-0.3, -0.25) is 9.59 Å². The minimum atomic E-state index is -0.387. The monoisotopic (exact) mass is 493 g/mol. The fraction of sp³-hybridized carbons (Fsp3) is 0.150. The minimum Gasteiger partial charge on any atom is -0.268 e. The number of carbonyl (C=O) groups excluding carboxylic acids is 2. The molecular weight excluding hydrogens is 477 g/mol. The standard InChI is InChI=1S/C20H16INO2S2/c1-12(2)14-5-3-13(4-6-14)11-17-19(24)22(20(25)26-17)18(23)15-7-9-16(21)10-8-15/h3-12H,1-2H3/b17-11+. The maximum absolute atomic E-state index is 12.7. The van der Waals surface area contributed by atoms with E-state index in [1.165, 1.54) is 5.56 Å². The Morgan fingerprint density at radius 3 is 2.31 bits per heavy atom. The summed E-state index contributed by atoms with van der Waals surface area (Å²) in [7, 11) is 0. The molecule has 0 radical (unpaired) electrons. The first-order chi connectivity index (χ1) is 12.4. The molecule has 0 unspecified atom stereocenters. The van der Waals surface area contributed by atoms with Crippen LogP contribution in [0.4, 0.5) is 0 Å². The molecule has 1 saturated heterocycles. The van der Waals surface area contributed by atoms with E-state index in [0.717, 1.165) is 25.8 Å². The number of amides is 2. The van der Waals surface area contributed by atoms with Crippen molar-refractivity contribution in [2.24, 2.45) is 0 Å². The maximum Gasteiger partial charge on any atom is 0.273 e. The van der Waals surface area contributed by atoms with Crippen molar-refractivity contribution < 1.29 is 9.59 Å². The largest absolute Gasteiger partial charge is 0.273 e. The number of carbonyl (C=O) groups is 2. The molecule has 3 rings (SSSR count). The SMILES string of the molecule is CC(C)c1ccc(/C=C2/SC(=S)N(C(=O)c3ccc(I)cc3)C2=O)cc1. The van der Waals surface area contributed by atoms with Gasteiger partial charge in [0.25, 0.3) is 11.8 Å². The molecule has 1 aliphatic rings. The van der Waals surface area contributed by atoms with Crippen molar-refractivity contribution in [2.75, 3.05) is 0 Å². The van der Waals surface area contributed by atoms with E-state index in [1.807, 2.05) is 36.4 Å². The molecule has 1 aliphatic heterocycles. The highest BCUT2D eigenvalue weighted by Crippen LogP contribution is 2.33. The zero-order valence-corrected chi connectivity index (χ0v) is 18.0. The molecule has 132 valence electrons. The fourth-order valence-corrected chi connectivity index (χ4v) is 4.11. The summed E-state index contributed by atoms with van der Waals surface area (Å²) in [5, 5.41) is 0. The molecule has 26 heavy (non-hydrogen) atoms. The van der Waals surface area contributed by atoms with E-state index < -0.39 is 0 Å². The van der Waals surface area contributed by atoms with Crippen LogP contribution in [0.25, 0.3) is 6.08 Å². The molecule has 6 heteroatoms. The van der Waals surface area contributed by atoms with Gasteiger partial charge in [0.1, 0.15) is 0 Å². The average Bonchev–Trinajstić information content (AvgIpc) is 2.89. The summed E-state index contributed by atoms with van der Waals surface area (Å²) in [6.45, 7) is 4.27. The second kappa shape index (κ2) is 8.02. The van der Waals surface area contributed by atoms with E-state index in [4.69, 9.17) is 12.2 Å². The maximum atomic E-state index is 12.7. The number of rotatable bonds is 3. The number of benzene rings is 2. The Morgan fingerprint density at radius 2 is 1.73 bits per heavy atom. The van der Waals surface area contributed by atoms with Crippen LogP contribution in [0.15, 0.2) is 53.4 Å². The molecule has 0 aliphatic carbocycles. The van der Waals surface area contributed by atoms with Crippen LogP contribution in [0.5, 0.6) is 0 Å². The van der Waals surface area contributed by atoms with E-state index in [0.29, 0.717) is 16.4 Å². The molecule has 0 N–H and O–H groups in total. The molecule has 0 spiro atoms. The van der Waals surface area contributed by atoms with Crippen LogP contribution < -0.4 is 0 Å². The Labute approximate surface area is 176 Å². The van der Waals surface area contributed by atoms with Gasteiger partial charge in [0, 0.05) is 9.13 Å². The molecule has 1 fully saturated rings. The number of hydrogen-bond donors (Lipinski definition) is 0. The second-order valence-corrected chi connectivity index (χ2v) is 9.07. The van der Waals surface area contributed by atoms with Crippen molar-refractivity contribution in [3.8, 4) is 0 Å². The van der Waals surface area contributed by atoms with Crippen molar-refractivity contribution in [1.29, 1.82) is 0 Å². The van der Waals surface area contributed by atoms with Gasteiger partial charge in [0.2, 0.25) is 0 Å². The van der Waals surface area contributed by atoms with Gasteiger partial charge in [0.15, 0.2) is 4.32 Å². The number of hydrogen-bond acceptors (Lipinski definition) is 4. The summed E-state index contributed by atoms with van der Waals surface area (Å²) < 4.78 is 1.29. The summed E-state index contributed by atoms with van der Waals surface area (Å²) >= 11 is 8.60.